The van der Waals surface area contributed by atoms with E-state index in [1.54, 1.807) is 12.1 Å². The van der Waals surface area contributed by atoms with Crippen molar-refractivity contribution in [2.75, 3.05) is 13.1 Å². The van der Waals surface area contributed by atoms with Crippen LogP contribution < -0.4 is 0 Å². The van der Waals surface area contributed by atoms with Crippen LogP contribution >= 0.6 is 0 Å². The average molecular weight is 366 g/mol. The number of fused-ring (bicyclic) bond motifs is 1. The van der Waals surface area contributed by atoms with E-state index in [4.69, 9.17) is 4.74 Å². The Labute approximate surface area is 158 Å². The predicted molar refractivity (Wildman–Crippen MR) is 103 cm³/mol. The number of rotatable bonds is 3. The van der Waals surface area contributed by atoms with E-state index in [1.165, 1.54) is 6.07 Å². The number of amides is 1. The van der Waals surface area contributed by atoms with Crippen LogP contribution in [0.5, 0.6) is 0 Å². The SMILES string of the molecule is C[C@@H]1CN(C(=O)c2cc3ccccc3n2Cc2ccccc2F)C[C@H](C)O1. The summed E-state index contributed by atoms with van der Waals surface area (Å²) in [5.74, 6) is -0.299. The Morgan fingerprint density at radius 2 is 1.74 bits per heavy atom. The van der Waals surface area contributed by atoms with Gasteiger partial charge in [-0.05, 0) is 32.0 Å². The van der Waals surface area contributed by atoms with Crippen LogP contribution in [0, 0.1) is 5.82 Å². The van der Waals surface area contributed by atoms with Gasteiger partial charge in [-0.3, -0.25) is 4.79 Å². The minimum atomic E-state index is -0.262. The Morgan fingerprint density at radius 3 is 2.48 bits per heavy atom. The van der Waals surface area contributed by atoms with Crippen molar-refractivity contribution in [2.45, 2.75) is 32.6 Å². The number of ether oxygens (including phenoxy) is 1. The van der Waals surface area contributed by atoms with E-state index in [0.717, 1.165) is 10.9 Å². The van der Waals surface area contributed by atoms with Crippen molar-refractivity contribution in [1.82, 2.24) is 9.47 Å². The van der Waals surface area contributed by atoms with Crippen LogP contribution in [-0.2, 0) is 11.3 Å². The van der Waals surface area contributed by atoms with Crippen molar-refractivity contribution in [2.24, 2.45) is 0 Å². The number of para-hydroxylation sites is 1. The average Bonchev–Trinajstić information content (AvgIpc) is 3.01. The van der Waals surface area contributed by atoms with E-state index < -0.39 is 0 Å². The molecule has 1 fully saturated rings. The van der Waals surface area contributed by atoms with Crippen molar-refractivity contribution >= 4 is 16.8 Å². The molecule has 0 radical (unpaired) electrons. The van der Waals surface area contributed by atoms with E-state index >= 15 is 0 Å². The van der Waals surface area contributed by atoms with E-state index in [9.17, 15) is 9.18 Å². The highest BCUT2D eigenvalue weighted by molar-refractivity contribution is 5.99. The summed E-state index contributed by atoms with van der Waals surface area (Å²) in [6.45, 7) is 5.39. The molecule has 1 saturated heterocycles. The second-order valence-corrected chi connectivity index (χ2v) is 7.23. The number of hydrogen-bond donors (Lipinski definition) is 0. The molecular weight excluding hydrogens is 343 g/mol. The highest BCUT2D eigenvalue weighted by atomic mass is 19.1. The summed E-state index contributed by atoms with van der Waals surface area (Å²) in [4.78, 5) is 15.2. The predicted octanol–water partition coefficient (Wildman–Crippen LogP) is 4.08. The maximum atomic E-state index is 14.2. The van der Waals surface area contributed by atoms with Crippen molar-refractivity contribution in [3.63, 3.8) is 0 Å². The molecule has 1 aromatic heterocycles. The number of benzene rings is 2. The molecule has 4 nitrogen and oxygen atoms in total. The third-order valence-corrected chi connectivity index (χ3v) is 5.02. The summed E-state index contributed by atoms with van der Waals surface area (Å²) >= 11 is 0. The van der Waals surface area contributed by atoms with Gasteiger partial charge in [-0.25, -0.2) is 4.39 Å². The Kier molecular flexibility index (Phi) is 4.70. The third-order valence-electron chi connectivity index (χ3n) is 5.02. The molecular formula is C22H23FN2O2. The van der Waals surface area contributed by atoms with Gasteiger partial charge in [0, 0.05) is 29.6 Å². The number of aromatic nitrogens is 1. The Morgan fingerprint density at radius 1 is 1.07 bits per heavy atom. The molecule has 0 saturated carbocycles. The lowest BCUT2D eigenvalue weighted by molar-refractivity contribution is -0.0588. The molecule has 2 heterocycles. The largest absolute Gasteiger partial charge is 0.372 e. The van der Waals surface area contributed by atoms with Gasteiger partial charge in [0.2, 0.25) is 0 Å². The maximum absolute atomic E-state index is 14.2. The molecule has 2 aromatic carbocycles. The summed E-state index contributed by atoms with van der Waals surface area (Å²) in [6, 6.07) is 16.4. The third kappa shape index (κ3) is 3.47. The highest BCUT2D eigenvalue weighted by Gasteiger charge is 2.29. The van der Waals surface area contributed by atoms with E-state index in [0.29, 0.717) is 30.9 Å². The molecule has 140 valence electrons. The molecule has 0 bridgehead atoms. The number of hydrogen-bond acceptors (Lipinski definition) is 2. The van der Waals surface area contributed by atoms with Gasteiger partial charge in [0.1, 0.15) is 11.5 Å². The monoisotopic (exact) mass is 366 g/mol. The molecule has 2 atom stereocenters. The van der Waals surface area contributed by atoms with E-state index in [2.05, 4.69) is 0 Å². The lowest BCUT2D eigenvalue weighted by Gasteiger charge is -2.35. The molecule has 4 rings (SSSR count). The fourth-order valence-corrected chi connectivity index (χ4v) is 3.86. The minimum absolute atomic E-state index is 0.00194. The summed E-state index contributed by atoms with van der Waals surface area (Å²) in [7, 11) is 0. The van der Waals surface area contributed by atoms with Crippen LogP contribution in [0.1, 0.15) is 29.9 Å². The molecule has 3 aromatic rings. The van der Waals surface area contributed by atoms with Crippen LogP contribution in [0.3, 0.4) is 0 Å². The normalized spacial score (nSPS) is 20.2. The van der Waals surface area contributed by atoms with Crippen molar-refractivity contribution in [3.8, 4) is 0 Å². The van der Waals surface area contributed by atoms with Crippen LogP contribution in [0.25, 0.3) is 10.9 Å². The zero-order chi connectivity index (χ0) is 19.0. The number of carbonyl (C=O) groups excluding carboxylic acids is 1. The molecule has 0 unspecified atom stereocenters. The molecule has 1 amide bonds. The Bertz CT molecular complexity index is 971. The number of carbonyl (C=O) groups is 1. The zero-order valence-electron chi connectivity index (χ0n) is 15.6. The minimum Gasteiger partial charge on any atom is -0.372 e. The first kappa shape index (κ1) is 17.7. The zero-order valence-corrected chi connectivity index (χ0v) is 15.6. The lowest BCUT2D eigenvalue weighted by Crippen LogP contribution is -2.48. The van der Waals surface area contributed by atoms with Gasteiger partial charge in [-0.15, -0.1) is 0 Å². The van der Waals surface area contributed by atoms with Crippen LogP contribution in [0.2, 0.25) is 0 Å². The molecule has 5 heteroatoms. The number of halogens is 1. The second-order valence-electron chi connectivity index (χ2n) is 7.23. The van der Waals surface area contributed by atoms with E-state index in [1.807, 2.05) is 59.7 Å². The van der Waals surface area contributed by atoms with Crippen LogP contribution in [0.4, 0.5) is 4.39 Å². The molecule has 0 aliphatic carbocycles. The summed E-state index contributed by atoms with van der Waals surface area (Å²) in [5, 5.41) is 0.978. The summed E-state index contributed by atoms with van der Waals surface area (Å²) in [5.41, 5.74) is 2.08. The van der Waals surface area contributed by atoms with Crippen molar-refractivity contribution in [3.05, 3.63) is 71.7 Å². The van der Waals surface area contributed by atoms with Crippen LogP contribution in [0.15, 0.2) is 54.6 Å². The number of nitrogens with zero attached hydrogens (tertiary/aromatic N) is 2. The van der Waals surface area contributed by atoms with Gasteiger partial charge in [0.25, 0.3) is 5.91 Å². The van der Waals surface area contributed by atoms with Gasteiger partial charge in [0.15, 0.2) is 0 Å². The first-order valence-corrected chi connectivity index (χ1v) is 9.29. The Balaban J connectivity index is 1.76. The molecule has 0 N–H and O–H groups in total. The topological polar surface area (TPSA) is 34.5 Å². The lowest BCUT2D eigenvalue weighted by atomic mass is 10.2. The molecule has 27 heavy (non-hydrogen) atoms. The van der Waals surface area contributed by atoms with Crippen molar-refractivity contribution in [1.29, 1.82) is 0 Å². The van der Waals surface area contributed by atoms with Gasteiger partial charge in [0.05, 0.1) is 18.8 Å². The standard InChI is InChI=1S/C22H23FN2O2/c1-15-12-24(13-16(2)27-15)22(26)21-11-17-7-4-6-10-20(17)25(21)14-18-8-3-5-9-19(18)23/h3-11,15-16H,12-14H2,1-2H3/t15-,16+. The maximum Gasteiger partial charge on any atom is 0.270 e. The Hall–Kier alpha value is -2.66. The quantitative estimate of drug-likeness (QED) is 0.700. The summed E-state index contributed by atoms with van der Waals surface area (Å²) in [6.07, 6.45) is 0.00388. The highest BCUT2D eigenvalue weighted by Crippen LogP contribution is 2.24. The van der Waals surface area contributed by atoms with E-state index in [-0.39, 0.29) is 23.9 Å². The summed E-state index contributed by atoms with van der Waals surface area (Å²) < 4.78 is 21.9. The van der Waals surface area contributed by atoms with Crippen LogP contribution in [-0.4, -0.2) is 40.7 Å². The van der Waals surface area contributed by atoms with Crippen molar-refractivity contribution < 1.29 is 13.9 Å². The van der Waals surface area contributed by atoms with Gasteiger partial charge in [-0.1, -0.05) is 36.4 Å². The second kappa shape index (κ2) is 7.16. The molecule has 1 aliphatic rings. The molecule has 1 aliphatic heterocycles. The first-order valence-electron chi connectivity index (χ1n) is 9.29. The van der Waals surface area contributed by atoms with Gasteiger partial charge < -0.3 is 14.2 Å². The first-order chi connectivity index (χ1) is 13.0. The fourth-order valence-electron chi connectivity index (χ4n) is 3.86. The number of morpholine rings is 1. The van der Waals surface area contributed by atoms with Gasteiger partial charge in [-0.2, -0.15) is 0 Å². The fraction of sp³-hybridized carbons (Fsp3) is 0.318. The molecule has 0 spiro atoms. The van der Waals surface area contributed by atoms with Gasteiger partial charge >= 0.3 is 0 Å². The smallest absolute Gasteiger partial charge is 0.270 e.